The van der Waals surface area contributed by atoms with Gasteiger partial charge in [0, 0.05) is 6.54 Å². The van der Waals surface area contributed by atoms with Crippen molar-refractivity contribution < 1.29 is 24.2 Å². The van der Waals surface area contributed by atoms with E-state index >= 15 is 0 Å². The summed E-state index contributed by atoms with van der Waals surface area (Å²) < 4.78 is 11.4. The minimum Gasteiger partial charge on any atom is -0.493 e. The number of carboxylic acid groups (broad SMARTS) is 1. The van der Waals surface area contributed by atoms with Crippen LogP contribution in [0.15, 0.2) is 28.5 Å². The number of carboxylic acids is 1. The average Bonchev–Trinajstić information content (AvgIpc) is 3.05. The van der Waals surface area contributed by atoms with E-state index in [0.29, 0.717) is 35.9 Å². The molecule has 0 saturated heterocycles. The van der Waals surface area contributed by atoms with Gasteiger partial charge in [0.1, 0.15) is 4.88 Å². The summed E-state index contributed by atoms with van der Waals surface area (Å²) in [6.45, 7) is 0.484. The first kappa shape index (κ1) is 17.6. The Morgan fingerprint density at radius 3 is 2.68 bits per heavy atom. The van der Waals surface area contributed by atoms with E-state index < -0.39 is 5.97 Å². The number of benzene rings is 1. The number of thiophene rings is 1. The van der Waals surface area contributed by atoms with E-state index in [2.05, 4.69) is 0 Å². The molecule has 6 nitrogen and oxygen atoms in total. The van der Waals surface area contributed by atoms with Crippen LogP contribution in [-0.4, -0.2) is 43.5 Å². The van der Waals surface area contributed by atoms with Crippen molar-refractivity contribution in [1.29, 1.82) is 0 Å². The van der Waals surface area contributed by atoms with Gasteiger partial charge in [0.15, 0.2) is 11.5 Å². The number of hydrogen-bond acceptors (Lipinski definition) is 6. The molecule has 1 amide bonds. The molecule has 0 atom stereocenters. The van der Waals surface area contributed by atoms with E-state index in [0.717, 1.165) is 9.77 Å². The van der Waals surface area contributed by atoms with Crippen molar-refractivity contribution in [2.24, 2.45) is 0 Å². The second-order valence-corrected chi connectivity index (χ2v) is 7.66. The lowest BCUT2D eigenvalue weighted by Crippen LogP contribution is -2.36. The number of hydrogen-bond donors (Lipinski definition) is 1. The van der Waals surface area contributed by atoms with Crippen LogP contribution in [0.4, 0.5) is 5.69 Å². The molecule has 2 heterocycles. The van der Waals surface area contributed by atoms with Gasteiger partial charge < -0.3 is 19.5 Å². The van der Waals surface area contributed by atoms with Crippen LogP contribution >= 0.6 is 23.1 Å². The summed E-state index contributed by atoms with van der Waals surface area (Å²) in [5.74, 6) is 0.659. The smallest absolute Gasteiger partial charge is 0.345 e. The lowest BCUT2D eigenvalue weighted by atomic mass is 10.1. The zero-order chi connectivity index (χ0) is 18.0. The van der Waals surface area contributed by atoms with Gasteiger partial charge in [0.2, 0.25) is 5.91 Å². The standard InChI is InChI=1S/C17H17NO5S2/c1-22-12-4-3-10(7-13(12)23-2)5-6-18-11-8-14(16(20)21)25-17(11)24-9-15(18)19/h3-4,7-8H,5-6,9H2,1-2H3,(H,20,21). The summed E-state index contributed by atoms with van der Waals surface area (Å²) in [5.41, 5.74) is 1.71. The number of fused-ring (bicyclic) bond motifs is 1. The zero-order valence-corrected chi connectivity index (χ0v) is 15.4. The number of thioether (sulfide) groups is 1. The van der Waals surface area contributed by atoms with Gasteiger partial charge >= 0.3 is 5.97 Å². The second-order valence-electron chi connectivity index (χ2n) is 5.36. The summed E-state index contributed by atoms with van der Waals surface area (Å²) in [6.07, 6.45) is 0.633. The number of rotatable bonds is 6. The van der Waals surface area contributed by atoms with Gasteiger partial charge in [-0.05, 0) is 30.2 Å². The number of amides is 1. The molecule has 1 aliphatic rings. The Bertz CT molecular complexity index is 817. The Labute approximate surface area is 153 Å². The number of ether oxygens (including phenoxy) is 2. The highest BCUT2D eigenvalue weighted by Gasteiger charge is 2.28. The van der Waals surface area contributed by atoms with Crippen LogP contribution in [0, 0.1) is 0 Å². The number of carbonyl (C=O) groups is 2. The molecule has 1 N–H and O–H groups in total. The third kappa shape index (κ3) is 3.59. The molecule has 0 spiro atoms. The van der Waals surface area contributed by atoms with E-state index in [-0.39, 0.29) is 10.8 Å². The van der Waals surface area contributed by atoms with Gasteiger partial charge in [0.25, 0.3) is 0 Å². The van der Waals surface area contributed by atoms with Crippen molar-refractivity contribution in [3.63, 3.8) is 0 Å². The maximum atomic E-state index is 12.3. The van der Waals surface area contributed by atoms with Crippen molar-refractivity contribution in [3.05, 3.63) is 34.7 Å². The van der Waals surface area contributed by atoms with Gasteiger partial charge in [-0.15, -0.1) is 23.1 Å². The van der Waals surface area contributed by atoms with Crippen LogP contribution in [0.2, 0.25) is 0 Å². The zero-order valence-electron chi connectivity index (χ0n) is 13.8. The van der Waals surface area contributed by atoms with Crippen molar-refractivity contribution in [3.8, 4) is 11.5 Å². The highest BCUT2D eigenvalue weighted by Crippen LogP contribution is 2.42. The van der Waals surface area contributed by atoms with Gasteiger partial charge in [-0.25, -0.2) is 4.79 Å². The number of anilines is 1. The molecule has 8 heteroatoms. The summed E-state index contributed by atoms with van der Waals surface area (Å²) >= 11 is 2.61. The molecule has 0 saturated carbocycles. The minimum absolute atomic E-state index is 0.00674. The maximum Gasteiger partial charge on any atom is 0.345 e. The fraction of sp³-hybridized carbons (Fsp3) is 0.294. The normalized spacial score (nSPS) is 13.5. The Balaban J connectivity index is 1.79. The molecule has 132 valence electrons. The summed E-state index contributed by atoms with van der Waals surface area (Å²) in [6, 6.07) is 7.24. The Morgan fingerprint density at radius 1 is 1.24 bits per heavy atom. The fourth-order valence-electron chi connectivity index (χ4n) is 2.62. The highest BCUT2D eigenvalue weighted by atomic mass is 32.2. The summed E-state index contributed by atoms with van der Waals surface area (Å²) in [5, 5.41) is 9.17. The quantitative estimate of drug-likeness (QED) is 0.831. The number of methoxy groups -OCH3 is 2. The van der Waals surface area contributed by atoms with Crippen molar-refractivity contribution in [2.45, 2.75) is 10.6 Å². The largest absolute Gasteiger partial charge is 0.493 e. The fourth-order valence-corrected chi connectivity index (χ4v) is 4.76. The predicted molar refractivity (Wildman–Crippen MR) is 97.6 cm³/mol. The van der Waals surface area contributed by atoms with Gasteiger partial charge in [0.05, 0.1) is 29.9 Å². The van der Waals surface area contributed by atoms with Crippen LogP contribution in [0.1, 0.15) is 15.2 Å². The van der Waals surface area contributed by atoms with Crippen LogP contribution in [0.5, 0.6) is 11.5 Å². The lowest BCUT2D eigenvalue weighted by Gasteiger charge is -2.26. The molecule has 25 heavy (non-hydrogen) atoms. The molecule has 0 bridgehead atoms. The molecule has 0 fully saturated rings. The topological polar surface area (TPSA) is 76.1 Å². The van der Waals surface area contributed by atoms with Crippen LogP contribution in [0.3, 0.4) is 0 Å². The van der Waals surface area contributed by atoms with E-state index in [1.165, 1.54) is 23.1 Å². The number of carbonyl (C=O) groups excluding carboxylic acids is 1. The second kappa shape index (κ2) is 7.37. The van der Waals surface area contributed by atoms with Gasteiger partial charge in [-0.2, -0.15) is 0 Å². The van der Waals surface area contributed by atoms with Crippen molar-refractivity contribution in [1.82, 2.24) is 0 Å². The summed E-state index contributed by atoms with van der Waals surface area (Å²) in [7, 11) is 3.16. The molecule has 1 aromatic heterocycles. The van der Waals surface area contributed by atoms with E-state index in [4.69, 9.17) is 9.47 Å². The molecule has 0 aliphatic carbocycles. The first-order valence-electron chi connectivity index (χ1n) is 7.54. The first-order valence-corrected chi connectivity index (χ1v) is 9.35. The third-order valence-electron chi connectivity index (χ3n) is 3.88. The van der Waals surface area contributed by atoms with Crippen LogP contribution < -0.4 is 14.4 Å². The van der Waals surface area contributed by atoms with Gasteiger partial charge in [-0.1, -0.05) is 6.07 Å². The van der Waals surface area contributed by atoms with Crippen molar-refractivity contribution in [2.75, 3.05) is 31.4 Å². The monoisotopic (exact) mass is 379 g/mol. The average molecular weight is 379 g/mol. The van der Waals surface area contributed by atoms with Crippen LogP contribution in [0.25, 0.3) is 0 Å². The third-order valence-corrected chi connectivity index (χ3v) is 6.25. The molecular weight excluding hydrogens is 362 g/mol. The Kier molecular flexibility index (Phi) is 5.19. The van der Waals surface area contributed by atoms with E-state index in [1.807, 2.05) is 18.2 Å². The molecule has 1 aliphatic heterocycles. The predicted octanol–water partition coefficient (Wildman–Crippen LogP) is 3.14. The Morgan fingerprint density at radius 2 is 2.00 bits per heavy atom. The molecule has 3 rings (SSSR count). The van der Waals surface area contributed by atoms with E-state index in [1.54, 1.807) is 25.2 Å². The highest BCUT2D eigenvalue weighted by molar-refractivity contribution is 8.02. The van der Waals surface area contributed by atoms with Crippen molar-refractivity contribution >= 4 is 40.7 Å². The number of aromatic carboxylic acids is 1. The van der Waals surface area contributed by atoms with Gasteiger partial charge in [-0.3, -0.25) is 4.79 Å². The molecule has 0 radical (unpaired) electrons. The minimum atomic E-state index is -0.965. The molecule has 0 unspecified atom stereocenters. The lowest BCUT2D eigenvalue weighted by molar-refractivity contribution is -0.116. The SMILES string of the molecule is COc1ccc(CCN2C(=O)CSc3sc(C(=O)O)cc32)cc1OC. The molecular formula is C17H17NO5S2. The van der Waals surface area contributed by atoms with Crippen LogP contribution in [-0.2, 0) is 11.2 Å². The number of nitrogens with zero attached hydrogens (tertiary/aromatic N) is 1. The maximum absolute atomic E-state index is 12.3. The summed E-state index contributed by atoms with van der Waals surface area (Å²) in [4.78, 5) is 25.4. The molecule has 1 aromatic carbocycles. The Hall–Kier alpha value is -2.19. The first-order chi connectivity index (χ1) is 12.0. The van der Waals surface area contributed by atoms with E-state index in [9.17, 15) is 14.7 Å². The molecule has 2 aromatic rings.